The molecule has 1 aromatic rings. The van der Waals surface area contributed by atoms with Gasteiger partial charge in [0.2, 0.25) is 0 Å². The molecule has 0 aromatic heterocycles. The van der Waals surface area contributed by atoms with E-state index in [1.165, 1.54) is 25.0 Å². The molecular formula is C15H20F3NS. The molecule has 0 amide bonds. The van der Waals surface area contributed by atoms with E-state index in [1.54, 1.807) is 17.8 Å². The summed E-state index contributed by atoms with van der Waals surface area (Å²) in [5.74, 6) is 0.673. The van der Waals surface area contributed by atoms with Gasteiger partial charge in [0.1, 0.15) is 0 Å². The van der Waals surface area contributed by atoms with Gasteiger partial charge in [0.05, 0.1) is 5.56 Å². The Bertz CT molecular complexity index is 459. The molecule has 20 heavy (non-hydrogen) atoms. The summed E-state index contributed by atoms with van der Waals surface area (Å²) in [6, 6.07) is 4.53. The van der Waals surface area contributed by atoms with Crippen molar-refractivity contribution in [1.29, 1.82) is 0 Å². The van der Waals surface area contributed by atoms with Crippen molar-refractivity contribution >= 4 is 11.8 Å². The lowest BCUT2D eigenvalue weighted by Gasteiger charge is -2.26. The van der Waals surface area contributed by atoms with E-state index < -0.39 is 11.7 Å². The summed E-state index contributed by atoms with van der Waals surface area (Å²) in [4.78, 5) is 0.702. The maximum atomic E-state index is 13.0. The van der Waals surface area contributed by atoms with Crippen LogP contribution >= 0.6 is 11.8 Å². The quantitative estimate of drug-likeness (QED) is 0.865. The highest BCUT2D eigenvalue weighted by atomic mass is 32.2. The molecule has 0 bridgehead atoms. The molecule has 1 aliphatic rings. The van der Waals surface area contributed by atoms with Gasteiger partial charge in [-0.3, -0.25) is 0 Å². The third-order valence-corrected chi connectivity index (χ3v) is 5.09. The molecule has 0 saturated heterocycles. The Hall–Kier alpha value is -0.680. The van der Waals surface area contributed by atoms with Crippen LogP contribution in [0.25, 0.3) is 0 Å². The second kappa shape index (κ2) is 6.39. The van der Waals surface area contributed by atoms with Crippen LogP contribution < -0.4 is 5.73 Å². The molecule has 1 saturated carbocycles. The fourth-order valence-corrected chi connectivity index (χ4v) is 4.18. The van der Waals surface area contributed by atoms with E-state index in [0.29, 0.717) is 16.1 Å². The van der Waals surface area contributed by atoms with Gasteiger partial charge < -0.3 is 5.73 Å². The molecule has 2 rings (SSSR count). The molecule has 0 heterocycles. The van der Waals surface area contributed by atoms with Crippen LogP contribution in [0.5, 0.6) is 0 Å². The molecule has 112 valence electrons. The normalized spacial score (nSPS) is 23.9. The van der Waals surface area contributed by atoms with E-state index in [4.69, 9.17) is 5.73 Å². The lowest BCUT2D eigenvalue weighted by Crippen LogP contribution is -2.15. The molecule has 1 nitrogen and oxygen atoms in total. The van der Waals surface area contributed by atoms with Crippen molar-refractivity contribution in [2.45, 2.75) is 55.5 Å². The van der Waals surface area contributed by atoms with Crippen LogP contribution in [0.2, 0.25) is 0 Å². The van der Waals surface area contributed by atoms with Crippen molar-refractivity contribution < 1.29 is 13.2 Å². The number of rotatable bonds is 3. The van der Waals surface area contributed by atoms with Gasteiger partial charge in [-0.15, -0.1) is 11.8 Å². The van der Waals surface area contributed by atoms with Crippen molar-refractivity contribution in [2.24, 2.45) is 11.7 Å². The Morgan fingerprint density at radius 1 is 1.30 bits per heavy atom. The first-order chi connectivity index (χ1) is 9.40. The maximum absolute atomic E-state index is 13.0. The molecule has 1 fully saturated rings. The van der Waals surface area contributed by atoms with Crippen molar-refractivity contribution in [3.63, 3.8) is 0 Å². The molecule has 2 N–H and O–H groups in total. The number of hydrogen-bond acceptors (Lipinski definition) is 2. The summed E-state index contributed by atoms with van der Waals surface area (Å²) in [6.45, 7) is 2.13. The monoisotopic (exact) mass is 303 g/mol. The molecule has 0 aliphatic heterocycles. The Morgan fingerprint density at radius 2 is 2.05 bits per heavy atom. The summed E-state index contributed by atoms with van der Waals surface area (Å²) in [6.07, 6.45) is 0.258. The largest absolute Gasteiger partial charge is 0.416 e. The van der Waals surface area contributed by atoms with Gasteiger partial charge in [-0.05, 0) is 36.5 Å². The number of alkyl halides is 3. The zero-order valence-corrected chi connectivity index (χ0v) is 12.4. The Morgan fingerprint density at radius 3 is 2.65 bits per heavy atom. The van der Waals surface area contributed by atoms with E-state index in [9.17, 15) is 13.2 Å². The third kappa shape index (κ3) is 3.92. The van der Waals surface area contributed by atoms with Crippen LogP contribution in [0.4, 0.5) is 13.2 Å². The van der Waals surface area contributed by atoms with E-state index in [2.05, 4.69) is 6.92 Å². The van der Waals surface area contributed by atoms with Crippen molar-refractivity contribution in [1.82, 2.24) is 0 Å². The SMILES string of the molecule is CC1CCCC(Sc2ccc(CN)c(C(F)(F)F)c2)C1. The first-order valence-corrected chi connectivity index (χ1v) is 7.85. The van der Waals surface area contributed by atoms with Crippen LogP contribution in [0.15, 0.2) is 23.1 Å². The number of hydrogen-bond donors (Lipinski definition) is 1. The molecule has 5 heteroatoms. The lowest BCUT2D eigenvalue weighted by molar-refractivity contribution is -0.138. The second-order valence-corrected chi connectivity index (χ2v) is 6.91. The van der Waals surface area contributed by atoms with E-state index in [0.717, 1.165) is 12.8 Å². The maximum Gasteiger partial charge on any atom is 0.416 e. The van der Waals surface area contributed by atoms with Crippen LogP contribution in [-0.2, 0) is 12.7 Å². The number of halogens is 3. The topological polar surface area (TPSA) is 26.0 Å². The summed E-state index contributed by atoms with van der Waals surface area (Å²) >= 11 is 1.58. The van der Waals surface area contributed by atoms with Crippen LogP contribution in [-0.4, -0.2) is 5.25 Å². The Kier molecular flexibility index (Phi) is 5.02. The minimum Gasteiger partial charge on any atom is -0.326 e. The van der Waals surface area contributed by atoms with E-state index in [1.807, 2.05) is 0 Å². The van der Waals surface area contributed by atoms with Crippen molar-refractivity contribution in [3.8, 4) is 0 Å². The fourth-order valence-electron chi connectivity index (χ4n) is 2.75. The molecule has 0 radical (unpaired) electrons. The minimum absolute atomic E-state index is 0.0831. The van der Waals surface area contributed by atoms with Gasteiger partial charge >= 0.3 is 6.18 Å². The van der Waals surface area contributed by atoms with E-state index in [-0.39, 0.29) is 12.1 Å². The standard InChI is InChI=1S/C15H20F3NS/c1-10-3-2-4-12(7-10)20-13-6-5-11(9-19)14(8-13)15(16,17)18/h5-6,8,10,12H,2-4,7,9,19H2,1H3. The smallest absolute Gasteiger partial charge is 0.326 e. The highest BCUT2D eigenvalue weighted by Gasteiger charge is 2.33. The average Bonchev–Trinajstić information content (AvgIpc) is 2.37. The first-order valence-electron chi connectivity index (χ1n) is 6.97. The lowest BCUT2D eigenvalue weighted by atomic mass is 9.91. The fraction of sp³-hybridized carbons (Fsp3) is 0.600. The molecule has 0 spiro atoms. The predicted octanol–water partition coefficient (Wildman–Crippen LogP) is 4.83. The third-order valence-electron chi connectivity index (χ3n) is 3.80. The molecule has 2 unspecified atom stereocenters. The van der Waals surface area contributed by atoms with Gasteiger partial charge in [0.25, 0.3) is 0 Å². The van der Waals surface area contributed by atoms with Crippen molar-refractivity contribution in [3.05, 3.63) is 29.3 Å². The zero-order chi connectivity index (χ0) is 14.8. The van der Waals surface area contributed by atoms with E-state index >= 15 is 0 Å². The predicted molar refractivity (Wildman–Crippen MR) is 76.6 cm³/mol. The Labute approximate surface area is 122 Å². The number of thioether (sulfide) groups is 1. The minimum atomic E-state index is -4.33. The summed E-state index contributed by atoms with van der Waals surface area (Å²) in [5, 5.41) is 0.434. The van der Waals surface area contributed by atoms with Crippen LogP contribution in [0, 0.1) is 5.92 Å². The Balaban J connectivity index is 2.16. The van der Waals surface area contributed by atoms with Gasteiger partial charge in [-0.25, -0.2) is 0 Å². The first kappa shape index (κ1) is 15.7. The summed E-state index contributed by atoms with van der Waals surface area (Å²) < 4.78 is 39.0. The number of benzene rings is 1. The van der Waals surface area contributed by atoms with Gasteiger partial charge in [-0.2, -0.15) is 13.2 Å². The summed E-state index contributed by atoms with van der Waals surface area (Å²) in [5.41, 5.74) is 4.97. The van der Waals surface area contributed by atoms with Gasteiger partial charge in [-0.1, -0.05) is 25.8 Å². The van der Waals surface area contributed by atoms with Crippen LogP contribution in [0.1, 0.15) is 43.7 Å². The average molecular weight is 303 g/mol. The number of nitrogens with two attached hydrogens (primary N) is 1. The van der Waals surface area contributed by atoms with Crippen molar-refractivity contribution in [2.75, 3.05) is 0 Å². The molecule has 2 atom stereocenters. The summed E-state index contributed by atoms with van der Waals surface area (Å²) in [7, 11) is 0. The zero-order valence-electron chi connectivity index (χ0n) is 11.5. The molecular weight excluding hydrogens is 283 g/mol. The molecule has 1 aromatic carbocycles. The highest BCUT2D eigenvalue weighted by Crippen LogP contribution is 2.39. The highest BCUT2D eigenvalue weighted by molar-refractivity contribution is 8.00. The second-order valence-electron chi connectivity index (χ2n) is 5.53. The van der Waals surface area contributed by atoms with Crippen LogP contribution in [0.3, 0.4) is 0 Å². The van der Waals surface area contributed by atoms with Gasteiger partial charge in [0, 0.05) is 16.7 Å². The molecule has 1 aliphatic carbocycles. The van der Waals surface area contributed by atoms with Gasteiger partial charge in [0.15, 0.2) is 0 Å².